The van der Waals surface area contributed by atoms with Crippen LogP contribution >= 0.6 is 11.6 Å². The van der Waals surface area contributed by atoms with Gasteiger partial charge in [0.1, 0.15) is 11.6 Å². The molecule has 0 saturated heterocycles. The first-order chi connectivity index (χ1) is 11.1. The maximum atomic E-state index is 12.0. The van der Waals surface area contributed by atoms with Crippen molar-refractivity contribution in [2.24, 2.45) is 0 Å². The van der Waals surface area contributed by atoms with Crippen molar-refractivity contribution >= 4 is 34.7 Å². The van der Waals surface area contributed by atoms with Gasteiger partial charge in [-0.2, -0.15) is 0 Å². The van der Waals surface area contributed by atoms with Gasteiger partial charge in [0.15, 0.2) is 5.58 Å². The summed E-state index contributed by atoms with van der Waals surface area (Å²) in [4.78, 5) is 16.4. The first-order valence-electron chi connectivity index (χ1n) is 7.22. The van der Waals surface area contributed by atoms with Crippen molar-refractivity contribution in [1.29, 1.82) is 0 Å². The highest BCUT2D eigenvalue weighted by atomic mass is 35.5. The fraction of sp³-hybridized carbons (Fsp3) is 0.111. The maximum Gasteiger partial charge on any atom is 0.244 e. The Hall–Kier alpha value is -2.59. The van der Waals surface area contributed by atoms with Crippen molar-refractivity contribution in [2.75, 3.05) is 0 Å². The van der Waals surface area contributed by atoms with Gasteiger partial charge in [0.05, 0.1) is 0 Å². The minimum Gasteiger partial charge on any atom is -0.438 e. The molecule has 5 heteroatoms. The first kappa shape index (κ1) is 15.3. The predicted molar refractivity (Wildman–Crippen MR) is 91.1 cm³/mol. The summed E-state index contributed by atoms with van der Waals surface area (Å²) in [6.07, 6.45) is 3.12. The van der Waals surface area contributed by atoms with E-state index in [-0.39, 0.29) is 11.9 Å². The number of para-hydroxylation sites is 2. The van der Waals surface area contributed by atoms with Crippen LogP contribution in [0, 0.1) is 0 Å². The third-order valence-electron chi connectivity index (χ3n) is 3.36. The fourth-order valence-corrected chi connectivity index (χ4v) is 2.37. The molecule has 0 fully saturated rings. The zero-order valence-electron chi connectivity index (χ0n) is 12.5. The van der Waals surface area contributed by atoms with Crippen LogP contribution in [0.1, 0.15) is 24.4 Å². The lowest BCUT2D eigenvalue weighted by molar-refractivity contribution is -0.117. The lowest BCUT2D eigenvalue weighted by Crippen LogP contribution is -2.24. The number of halogens is 1. The Labute approximate surface area is 138 Å². The van der Waals surface area contributed by atoms with E-state index in [1.165, 1.54) is 6.08 Å². The molecule has 1 aromatic heterocycles. The molecule has 0 aliphatic heterocycles. The van der Waals surface area contributed by atoms with Gasteiger partial charge in [-0.3, -0.25) is 4.79 Å². The van der Waals surface area contributed by atoms with Crippen molar-refractivity contribution in [3.05, 3.63) is 71.1 Å². The average molecular weight is 327 g/mol. The number of carbonyl (C=O) groups excluding carboxylic acids is 1. The number of hydrogen-bond acceptors (Lipinski definition) is 3. The molecule has 0 aliphatic carbocycles. The van der Waals surface area contributed by atoms with E-state index >= 15 is 0 Å². The number of aromatic nitrogens is 1. The summed E-state index contributed by atoms with van der Waals surface area (Å²) in [5, 5.41) is 3.42. The van der Waals surface area contributed by atoms with Crippen LogP contribution in [0.3, 0.4) is 0 Å². The van der Waals surface area contributed by atoms with Crippen LogP contribution in [-0.4, -0.2) is 10.9 Å². The first-order valence-corrected chi connectivity index (χ1v) is 7.60. The summed E-state index contributed by atoms with van der Waals surface area (Å²) in [5.41, 5.74) is 2.27. The summed E-state index contributed by atoms with van der Waals surface area (Å²) in [6, 6.07) is 14.5. The molecule has 116 valence electrons. The molecule has 4 nitrogen and oxygen atoms in total. The summed E-state index contributed by atoms with van der Waals surface area (Å²) in [7, 11) is 0. The summed E-state index contributed by atoms with van der Waals surface area (Å²) >= 11 is 6.05. The van der Waals surface area contributed by atoms with Crippen LogP contribution in [0.15, 0.2) is 59.0 Å². The fourth-order valence-electron chi connectivity index (χ4n) is 2.17. The lowest BCUT2D eigenvalue weighted by Gasteiger charge is -2.07. The van der Waals surface area contributed by atoms with Crippen molar-refractivity contribution < 1.29 is 9.21 Å². The number of benzene rings is 2. The molecule has 2 aromatic carbocycles. The number of fused-ring (bicyclic) bond motifs is 1. The smallest absolute Gasteiger partial charge is 0.244 e. The van der Waals surface area contributed by atoms with E-state index in [0.29, 0.717) is 16.5 Å². The van der Waals surface area contributed by atoms with Crippen molar-refractivity contribution in [2.45, 2.75) is 13.0 Å². The molecule has 1 unspecified atom stereocenters. The topological polar surface area (TPSA) is 55.1 Å². The van der Waals surface area contributed by atoms with Gasteiger partial charge in [-0.25, -0.2) is 4.98 Å². The van der Waals surface area contributed by atoms with Gasteiger partial charge in [0, 0.05) is 11.1 Å². The standard InChI is InChI=1S/C18H15ClN2O2/c1-12(18-21-15-8-4-5-9-16(15)23-18)20-17(22)11-10-13-6-2-3-7-14(13)19/h2-12H,1H3,(H,20,22)/b11-10+. The Morgan fingerprint density at radius 3 is 2.74 bits per heavy atom. The molecule has 0 spiro atoms. The van der Waals surface area contributed by atoms with E-state index in [1.807, 2.05) is 49.4 Å². The van der Waals surface area contributed by atoms with Crippen molar-refractivity contribution in [3.8, 4) is 0 Å². The number of nitrogens with one attached hydrogen (secondary N) is 1. The maximum absolute atomic E-state index is 12.0. The van der Waals surface area contributed by atoms with Crippen molar-refractivity contribution in [1.82, 2.24) is 10.3 Å². The molecular formula is C18H15ClN2O2. The average Bonchev–Trinajstić information content (AvgIpc) is 2.98. The summed E-state index contributed by atoms with van der Waals surface area (Å²) in [6.45, 7) is 1.83. The highest BCUT2D eigenvalue weighted by Crippen LogP contribution is 2.20. The number of hydrogen-bond donors (Lipinski definition) is 1. The SMILES string of the molecule is CC(NC(=O)/C=C/c1ccccc1Cl)c1nc2ccccc2o1. The van der Waals surface area contributed by atoms with E-state index in [4.69, 9.17) is 16.0 Å². The van der Waals surface area contributed by atoms with Crippen LogP contribution in [0.4, 0.5) is 0 Å². The van der Waals surface area contributed by atoms with Gasteiger partial charge in [-0.15, -0.1) is 0 Å². The zero-order valence-corrected chi connectivity index (χ0v) is 13.2. The van der Waals surface area contributed by atoms with Gasteiger partial charge in [-0.05, 0) is 36.8 Å². The highest BCUT2D eigenvalue weighted by Gasteiger charge is 2.14. The molecule has 1 N–H and O–H groups in total. The predicted octanol–water partition coefficient (Wildman–Crippen LogP) is 4.37. The molecule has 0 bridgehead atoms. The van der Waals surface area contributed by atoms with E-state index in [1.54, 1.807) is 12.1 Å². The quantitative estimate of drug-likeness (QED) is 0.724. The van der Waals surface area contributed by atoms with Gasteiger partial charge >= 0.3 is 0 Å². The van der Waals surface area contributed by atoms with Gasteiger partial charge < -0.3 is 9.73 Å². The van der Waals surface area contributed by atoms with Gasteiger partial charge in [0.25, 0.3) is 0 Å². The molecule has 1 amide bonds. The molecule has 0 radical (unpaired) electrons. The second-order valence-electron chi connectivity index (χ2n) is 5.10. The second kappa shape index (κ2) is 6.67. The Bertz CT molecular complexity index is 837. The van der Waals surface area contributed by atoms with E-state index in [0.717, 1.165) is 11.1 Å². The van der Waals surface area contributed by atoms with Gasteiger partial charge in [0.2, 0.25) is 11.8 Å². The molecule has 1 atom stereocenters. The van der Waals surface area contributed by atoms with Crippen LogP contribution in [0.25, 0.3) is 17.2 Å². The third kappa shape index (κ3) is 3.60. The molecule has 1 heterocycles. The summed E-state index contributed by atoms with van der Waals surface area (Å²) in [5.74, 6) is 0.241. The number of carbonyl (C=O) groups is 1. The number of oxazole rings is 1. The van der Waals surface area contributed by atoms with Crippen LogP contribution in [0.5, 0.6) is 0 Å². The second-order valence-corrected chi connectivity index (χ2v) is 5.51. The number of nitrogens with zero attached hydrogens (tertiary/aromatic N) is 1. The van der Waals surface area contributed by atoms with Crippen LogP contribution < -0.4 is 5.32 Å². The Balaban J connectivity index is 1.68. The minimum atomic E-state index is -0.328. The molecular weight excluding hydrogens is 312 g/mol. The lowest BCUT2D eigenvalue weighted by atomic mass is 10.2. The van der Waals surface area contributed by atoms with E-state index < -0.39 is 0 Å². The molecule has 3 rings (SSSR count). The number of amides is 1. The summed E-state index contributed by atoms with van der Waals surface area (Å²) < 4.78 is 5.64. The molecule has 3 aromatic rings. The monoisotopic (exact) mass is 326 g/mol. The third-order valence-corrected chi connectivity index (χ3v) is 3.70. The molecule has 0 saturated carbocycles. The Morgan fingerprint density at radius 1 is 1.22 bits per heavy atom. The normalized spacial score (nSPS) is 12.6. The largest absolute Gasteiger partial charge is 0.438 e. The Kier molecular flexibility index (Phi) is 4.44. The molecule has 23 heavy (non-hydrogen) atoms. The van der Waals surface area contributed by atoms with Crippen LogP contribution in [-0.2, 0) is 4.79 Å². The van der Waals surface area contributed by atoms with Gasteiger partial charge in [-0.1, -0.05) is 41.9 Å². The van der Waals surface area contributed by atoms with Crippen molar-refractivity contribution in [3.63, 3.8) is 0 Å². The van der Waals surface area contributed by atoms with E-state index in [9.17, 15) is 4.79 Å². The minimum absolute atomic E-state index is 0.236. The Morgan fingerprint density at radius 2 is 1.96 bits per heavy atom. The van der Waals surface area contributed by atoms with E-state index in [2.05, 4.69) is 10.3 Å². The molecule has 0 aliphatic rings. The zero-order chi connectivity index (χ0) is 16.2. The van der Waals surface area contributed by atoms with Crippen LogP contribution in [0.2, 0.25) is 5.02 Å². The highest BCUT2D eigenvalue weighted by molar-refractivity contribution is 6.32. The number of rotatable bonds is 4.